The number of halogens is 1. The van der Waals surface area contributed by atoms with Crippen molar-refractivity contribution in [2.45, 2.75) is 45.7 Å². The van der Waals surface area contributed by atoms with Gasteiger partial charge in [-0.15, -0.1) is 12.4 Å². The quantitative estimate of drug-likeness (QED) is 0.926. The molecule has 0 saturated carbocycles. The molecule has 5 nitrogen and oxygen atoms in total. The minimum absolute atomic E-state index is 0. The van der Waals surface area contributed by atoms with E-state index in [9.17, 15) is 4.79 Å². The highest BCUT2D eigenvalue weighted by Crippen LogP contribution is 2.16. The van der Waals surface area contributed by atoms with Gasteiger partial charge in [-0.3, -0.25) is 9.48 Å². The lowest BCUT2D eigenvalue weighted by Gasteiger charge is -2.24. The van der Waals surface area contributed by atoms with Gasteiger partial charge < -0.3 is 10.2 Å². The van der Waals surface area contributed by atoms with E-state index >= 15 is 0 Å². The smallest absolute Gasteiger partial charge is 0.274 e. The van der Waals surface area contributed by atoms with Crippen LogP contribution in [0.2, 0.25) is 0 Å². The van der Waals surface area contributed by atoms with Gasteiger partial charge in [-0.05, 0) is 46.2 Å². The van der Waals surface area contributed by atoms with E-state index in [2.05, 4.69) is 10.4 Å². The van der Waals surface area contributed by atoms with E-state index in [0.29, 0.717) is 18.3 Å². The molecule has 20 heavy (non-hydrogen) atoms. The molecule has 1 aliphatic rings. The van der Waals surface area contributed by atoms with Gasteiger partial charge in [-0.1, -0.05) is 0 Å². The number of nitrogens with one attached hydrogen (secondary N) is 1. The molecule has 1 N–H and O–H groups in total. The number of hydrogen-bond acceptors (Lipinski definition) is 3. The van der Waals surface area contributed by atoms with Crippen LogP contribution in [0, 0.1) is 0 Å². The summed E-state index contributed by atoms with van der Waals surface area (Å²) >= 11 is 0. The number of piperidine rings is 1. The Hall–Kier alpha value is -1.07. The summed E-state index contributed by atoms with van der Waals surface area (Å²) in [4.78, 5) is 14.2. The molecule has 6 heteroatoms. The van der Waals surface area contributed by atoms with Gasteiger partial charge in [0.1, 0.15) is 5.69 Å². The highest BCUT2D eigenvalue weighted by molar-refractivity contribution is 5.92. The van der Waals surface area contributed by atoms with Crippen molar-refractivity contribution in [3.05, 3.63) is 18.0 Å². The standard InChI is InChI=1S/C14H24N4O.ClH/c1-4-17(11(2)3)14(19)13-7-9-18(16-13)12-6-5-8-15-10-12;/h7,9,11-12,15H,4-6,8,10H2,1-3H3;1H. The fourth-order valence-corrected chi connectivity index (χ4v) is 2.61. The summed E-state index contributed by atoms with van der Waals surface area (Å²) in [5.41, 5.74) is 0.557. The van der Waals surface area contributed by atoms with E-state index in [4.69, 9.17) is 0 Å². The predicted molar refractivity (Wildman–Crippen MR) is 82.5 cm³/mol. The Balaban J connectivity index is 0.00000200. The summed E-state index contributed by atoms with van der Waals surface area (Å²) < 4.78 is 1.94. The first kappa shape index (κ1) is 17.0. The minimum atomic E-state index is 0. The minimum Gasteiger partial charge on any atom is -0.335 e. The molecule has 0 radical (unpaired) electrons. The molecule has 114 valence electrons. The average molecular weight is 301 g/mol. The fraction of sp³-hybridized carbons (Fsp3) is 0.714. The number of rotatable bonds is 4. The van der Waals surface area contributed by atoms with Gasteiger partial charge in [-0.2, -0.15) is 5.10 Å². The van der Waals surface area contributed by atoms with Crippen LogP contribution in [-0.2, 0) is 0 Å². The first-order valence-corrected chi connectivity index (χ1v) is 7.20. The zero-order valence-corrected chi connectivity index (χ0v) is 13.3. The molecule has 0 spiro atoms. The molecule has 1 atom stereocenters. The second-order valence-electron chi connectivity index (χ2n) is 5.37. The third-order valence-electron chi connectivity index (χ3n) is 3.70. The SMILES string of the molecule is CCN(C(=O)c1ccn(C2CCCNC2)n1)C(C)C.Cl. The maximum atomic E-state index is 12.3. The molecule has 0 aliphatic carbocycles. The van der Waals surface area contributed by atoms with Gasteiger partial charge in [-0.25, -0.2) is 0 Å². The number of hydrogen-bond donors (Lipinski definition) is 1. The Labute approximate surface area is 127 Å². The first-order chi connectivity index (χ1) is 9.13. The Morgan fingerprint density at radius 1 is 1.60 bits per heavy atom. The zero-order chi connectivity index (χ0) is 13.8. The van der Waals surface area contributed by atoms with Crippen LogP contribution in [0.5, 0.6) is 0 Å². The van der Waals surface area contributed by atoms with Crippen LogP contribution in [0.3, 0.4) is 0 Å². The van der Waals surface area contributed by atoms with Crippen LogP contribution >= 0.6 is 12.4 Å². The Kier molecular flexibility index (Phi) is 6.49. The van der Waals surface area contributed by atoms with Crippen molar-refractivity contribution >= 4 is 18.3 Å². The number of carbonyl (C=O) groups is 1. The van der Waals surface area contributed by atoms with Crippen LogP contribution < -0.4 is 5.32 Å². The summed E-state index contributed by atoms with van der Waals surface area (Å²) in [6.45, 7) is 8.80. The molecular formula is C14H25ClN4O. The van der Waals surface area contributed by atoms with Crippen molar-refractivity contribution < 1.29 is 4.79 Å². The molecule has 1 aromatic rings. The van der Waals surface area contributed by atoms with Crippen LogP contribution in [0.25, 0.3) is 0 Å². The van der Waals surface area contributed by atoms with Gasteiger partial charge >= 0.3 is 0 Å². The number of nitrogens with zero attached hydrogens (tertiary/aromatic N) is 3. The van der Waals surface area contributed by atoms with Crippen molar-refractivity contribution in [3.63, 3.8) is 0 Å². The van der Waals surface area contributed by atoms with Crippen LogP contribution in [0.1, 0.15) is 50.1 Å². The van der Waals surface area contributed by atoms with Crippen molar-refractivity contribution in [1.82, 2.24) is 20.0 Å². The van der Waals surface area contributed by atoms with E-state index < -0.39 is 0 Å². The van der Waals surface area contributed by atoms with E-state index in [-0.39, 0.29) is 24.4 Å². The predicted octanol–water partition coefficient (Wildman–Crippen LogP) is 2.10. The molecule has 1 aliphatic heterocycles. The third-order valence-corrected chi connectivity index (χ3v) is 3.70. The number of aromatic nitrogens is 2. The summed E-state index contributed by atoms with van der Waals surface area (Å²) in [5.74, 6) is 0.0278. The van der Waals surface area contributed by atoms with Gasteiger partial charge in [0.2, 0.25) is 0 Å². The first-order valence-electron chi connectivity index (χ1n) is 7.20. The van der Waals surface area contributed by atoms with Crippen molar-refractivity contribution in [2.75, 3.05) is 19.6 Å². The zero-order valence-electron chi connectivity index (χ0n) is 12.5. The monoisotopic (exact) mass is 300 g/mol. The topological polar surface area (TPSA) is 50.2 Å². The van der Waals surface area contributed by atoms with E-state index in [0.717, 1.165) is 19.5 Å². The Morgan fingerprint density at radius 3 is 2.90 bits per heavy atom. The molecule has 1 amide bonds. The largest absolute Gasteiger partial charge is 0.335 e. The fourth-order valence-electron chi connectivity index (χ4n) is 2.61. The molecule has 1 saturated heterocycles. The molecule has 1 unspecified atom stereocenters. The van der Waals surface area contributed by atoms with Crippen molar-refractivity contribution in [3.8, 4) is 0 Å². The van der Waals surface area contributed by atoms with E-state index in [1.807, 2.05) is 42.6 Å². The molecule has 2 heterocycles. The highest BCUT2D eigenvalue weighted by Gasteiger charge is 2.21. The molecule has 1 aromatic heterocycles. The number of amides is 1. The van der Waals surface area contributed by atoms with Crippen molar-refractivity contribution in [1.29, 1.82) is 0 Å². The summed E-state index contributed by atoms with van der Waals surface area (Å²) in [6.07, 6.45) is 4.23. The highest BCUT2D eigenvalue weighted by atomic mass is 35.5. The molecule has 1 fully saturated rings. The van der Waals surface area contributed by atoms with Gasteiger partial charge in [0.25, 0.3) is 5.91 Å². The lowest BCUT2D eigenvalue weighted by atomic mass is 10.1. The second-order valence-corrected chi connectivity index (χ2v) is 5.37. The molecule has 0 bridgehead atoms. The summed E-state index contributed by atoms with van der Waals surface area (Å²) in [5, 5.41) is 7.84. The Bertz CT molecular complexity index is 427. The maximum Gasteiger partial charge on any atom is 0.274 e. The van der Waals surface area contributed by atoms with Crippen LogP contribution in [0.15, 0.2) is 12.3 Å². The molecule has 2 rings (SSSR count). The van der Waals surface area contributed by atoms with Crippen LogP contribution in [-0.4, -0.2) is 46.3 Å². The van der Waals surface area contributed by atoms with E-state index in [1.165, 1.54) is 6.42 Å². The van der Waals surface area contributed by atoms with Crippen LogP contribution in [0.4, 0.5) is 0 Å². The normalized spacial score (nSPS) is 18.7. The summed E-state index contributed by atoms with van der Waals surface area (Å²) in [6, 6.07) is 2.42. The van der Waals surface area contributed by atoms with E-state index in [1.54, 1.807) is 0 Å². The van der Waals surface area contributed by atoms with Gasteiger partial charge in [0.15, 0.2) is 0 Å². The second kappa shape index (κ2) is 7.64. The van der Waals surface area contributed by atoms with Gasteiger partial charge in [0.05, 0.1) is 6.04 Å². The molecular weight excluding hydrogens is 276 g/mol. The third kappa shape index (κ3) is 3.73. The Morgan fingerprint density at radius 2 is 2.35 bits per heavy atom. The maximum absolute atomic E-state index is 12.3. The lowest BCUT2D eigenvalue weighted by Crippen LogP contribution is -2.37. The lowest BCUT2D eigenvalue weighted by molar-refractivity contribution is 0.0709. The number of carbonyl (C=O) groups excluding carboxylic acids is 1. The average Bonchev–Trinajstić information content (AvgIpc) is 2.89. The van der Waals surface area contributed by atoms with Crippen molar-refractivity contribution in [2.24, 2.45) is 0 Å². The molecule has 0 aromatic carbocycles. The van der Waals surface area contributed by atoms with Gasteiger partial charge in [0, 0.05) is 25.3 Å². The summed E-state index contributed by atoms with van der Waals surface area (Å²) in [7, 11) is 0.